The number of sulfonamides is 1. The number of anilines is 1. The van der Waals surface area contributed by atoms with Crippen molar-refractivity contribution in [3.63, 3.8) is 0 Å². The van der Waals surface area contributed by atoms with Crippen molar-refractivity contribution in [3.8, 4) is 0 Å². The van der Waals surface area contributed by atoms with Crippen LogP contribution in [0.25, 0.3) is 0 Å². The van der Waals surface area contributed by atoms with Crippen LogP contribution in [0.3, 0.4) is 0 Å². The lowest BCUT2D eigenvalue weighted by molar-refractivity contribution is 0.581. The van der Waals surface area contributed by atoms with E-state index in [-0.39, 0.29) is 0 Å². The number of fused-ring (bicyclic) bond motifs is 1. The van der Waals surface area contributed by atoms with E-state index in [1.165, 1.54) is 5.56 Å². The van der Waals surface area contributed by atoms with Gasteiger partial charge in [0.1, 0.15) is 5.82 Å². The molecule has 0 bridgehead atoms. The Hall–Kier alpha value is -1.86. The zero-order valence-electron chi connectivity index (χ0n) is 10.9. The van der Waals surface area contributed by atoms with E-state index in [4.69, 9.17) is 0 Å². The predicted molar refractivity (Wildman–Crippen MR) is 76.1 cm³/mol. The van der Waals surface area contributed by atoms with Crippen LogP contribution in [0.5, 0.6) is 0 Å². The highest BCUT2D eigenvalue weighted by Gasteiger charge is 2.17. The fraction of sp³-hybridized carbons (Fsp3) is 0.308. The zero-order valence-corrected chi connectivity index (χ0v) is 11.7. The molecule has 106 valence electrons. The minimum absolute atomic E-state index is 0.296. The molecule has 0 atom stereocenters. The van der Waals surface area contributed by atoms with Gasteiger partial charge in [-0.15, -0.1) is 0 Å². The Balaban J connectivity index is 1.68. The van der Waals surface area contributed by atoms with Gasteiger partial charge in [-0.3, -0.25) is 0 Å². The van der Waals surface area contributed by atoms with Crippen molar-refractivity contribution in [1.29, 1.82) is 0 Å². The van der Waals surface area contributed by atoms with Crippen LogP contribution < -0.4 is 10.0 Å². The topological polar surface area (TPSA) is 86.9 Å². The Bertz CT molecular complexity index is 695. The van der Waals surface area contributed by atoms with Gasteiger partial charge >= 0.3 is 0 Å². The number of H-pyrrole nitrogens is 1. The minimum atomic E-state index is -3.47. The van der Waals surface area contributed by atoms with Gasteiger partial charge in [-0.1, -0.05) is 6.07 Å². The van der Waals surface area contributed by atoms with Crippen LogP contribution >= 0.6 is 0 Å². The van der Waals surface area contributed by atoms with Crippen molar-refractivity contribution in [2.75, 3.05) is 18.4 Å². The molecule has 0 unspecified atom stereocenters. The van der Waals surface area contributed by atoms with Crippen molar-refractivity contribution >= 4 is 15.7 Å². The molecule has 1 aromatic heterocycles. The Labute approximate surface area is 117 Å². The summed E-state index contributed by atoms with van der Waals surface area (Å²) in [7, 11) is -3.47. The molecule has 3 N–H and O–H groups in total. The number of aromatic nitrogens is 2. The van der Waals surface area contributed by atoms with E-state index in [1.54, 1.807) is 24.5 Å². The predicted octanol–water partition coefficient (Wildman–Crippen LogP) is 0.899. The lowest BCUT2D eigenvalue weighted by Crippen LogP contribution is -2.26. The quantitative estimate of drug-likeness (QED) is 0.764. The summed E-state index contributed by atoms with van der Waals surface area (Å²) in [5.41, 5.74) is 2.08. The van der Waals surface area contributed by atoms with E-state index in [0.717, 1.165) is 24.5 Å². The van der Waals surface area contributed by atoms with Crippen LogP contribution in [0, 0.1) is 0 Å². The highest BCUT2D eigenvalue weighted by Crippen LogP contribution is 2.25. The minimum Gasteiger partial charge on any atom is -0.384 e. The molecule has 0 saturated carbocycles. The lowest BCUT2D eigenvalue weighted by atomic mass is 10.2. The second kappa shape index (κ2) is 5.26. The number of nitrogens with one attached hydrogen (secondary N) is 3. The molecule has 20 heavy (non-hydrogen) atoms. The second-order valence-corrected chi connectivity index (χ2v) is 6.45. The van der Waals surface area contributed by atoms with Crippen LogP contribution in [0.4, 0.5) is 5.69 Å². The molecular weight excluding hydrogens is 276 g/mol. The van der Waals surface area contributed by atoms with Gasteiger partial charge in [0, 0.05) is 37.6 Å². The first-order valence-electron chi connectivity index (χ1n) is 6.50. The van der Waals surface area contributed by atoms with E-state index in [1.807, 2.05) is 6.07 Å². The maximum atomic E-state index is 12.2. The molecule has 3 rings (SSSR count). The van der Waals surface area contributed by atoms with Gasteiger partial charge in [0.25, 0.3) is 0 Å². The third-order valence-electron chi connectivity index (χ3n) is 3.31. The number of nitrogens with zero attached hydrogens (tertiary/aromatic N) is 1. The molecule has 0 saturated heterocycles. The second-order valence-electron chi connectivity index (χ2n) is 4.68. The van der Waals surface area contributed by atoms with E-state index in [9.17, 15) is 8.42 Å². The summed E-state index contributed by atoms with van der Waals surface area (Å²) in [4.78, 5) is 7.29. The molecule has 7 heteroatoms. The number of imidazole rings is 1. The van der Waals surface area contributed by atoms with Gasteiger partial charge in [-0.25, -0.2) is 18.1 Å². The third kappa shape index (κ3) is 2.68. The molecule has 0 radical (unpaired) electrons. The Morgan fingerprint density at radius 3 is 3.05 bits per heavy atom. The highest BCUT2D eigenvalue weighted by molar-refractivity contribution is 7.89. The number of hydrogen-bond donors (Lipinski definition) is 3. The fourth-order valence-corrected chi connectivity index (χ4v) is 3.32. The molecular formula is C13H16N4O2S. The molecule has 1 aliphatic rings. The molecule has 0 amide bonds. The Morgan fingerprint density at radius 2 is 2.25 bits per heavy atom. The third-order valence-corrected chi connectivity index (χ3v) is 4.77. The van der Waals surface area contributed by atoms with Gasteiger partial charge in [-0.05, 0) is 24.1 Å². The molecule has 1 aliphatic heterocycles. The first-order chi connectivity index (χ1) is 9.65. The lowest BCUT2D eigenvalue weighted by Gasteiger charge is -2.08. The molecule has 0 aliphatic carbocycles. The molecule has 1 aromatic carbocycles. The molecule has 0 fully saturated rings. The summed E-state index contributed by atoms with van der Waals surface area (Å²) in [5, 5.41) is 3.18. The maximum absolute atomic E-state index is 12.2. The van der Waals surface area contributed by atoms with Crippen molar-refractivity contribution in [2.24, 2.45) is 0 Å². The van der Waals surface area contributed by atoms with Crippen LogP contribution in [0.1, 0.15) is 11.4 Å². The Morgan fingerprint density at radius 1 is 1.35 bits per heavy atom. The number of rotatable bonds is 5. The largest absolute Gasteiger partial charge is 0.384 e. The molecule has 2 heterocycles. The van der Waals surface area contributed by atoms with Gasteiger partial charge < -0.3 is 10.3 Å². The number of aromatic amines is 1. The van der Waals surface area contributed by atoms with Crippen molar-refractivity contribution in [2.45, 2.75) is 17.7 Å². The Kier molecular flexibility index (Phi) is 3.45. The first-order valence-corrected chi connectivity index (χ1v) is 7.98. The van der Waals surface area contributed by atoms with Crippen LogP contribution in [-0.4, -0.2) is 31.5 Å². The van der Waals surface area contributed by atoms with Gasteiger partial charge in [0.2, 0.25) is 10.0 Å². The number of hydrogen-bond acceptors (Lipinski definition) is 4. The van der Waals surface area contributed by atoms with E-state index < -0.39 is 10.0 Å². The molecule has 0 spiro atoms. The summed E-state index contributed by atoms with van der Waals surface area (Å²) in [6, 6.07) is 5.22. The summed E-state index contributed by atoms with van der Waals surface area (Å²) in [6.07, 6.45) is 4.85. The number of benzene rings is 1. The van der Waals surface area contributed by atoms with Crippen molar-refractivity contribution < 1.29 is 8.42 Å². The van der Waals surface area contributed by atoms with E-state index >= 15 is 0 Å². The smallest absolute Gasteiger partial charge is 0.240 e. The molecule has 6 nitrogen and oxygen atoms in total. The normalized spacial score (nSPS) is 14.0. The summed E-state index contributed by atoms with van der Waals surface area (Å²) in [6.45, 7) is 1.19. The maximum Gasteiger partial charge on any atom is 0.240 e. The van der Waals surface area contributed by atoms with Crippen LogP contribution in [0.15, 0.2) is 35.5 Å². The highest BCUT2D eigenvalue weighted by atomic mass is 32.2. The van der Waals surface area contributed by atoms with Crippen molar-refractivity contribution in [1.82, 2.24) is 14.7 Å². The van der Waals surface area contributed by atoms with Gasteiger partial charge in [-0.2, -0.15) is 0 Å². The van der Waals surface area contributed by atoms with Crippen molar-refractivity contribution in [3.05, 3.63) is 42.0 Å². The van der Waals surface area contributed by atoms with Crippen LogP contribution in [0.2, 0.25) is 0 Å². The summed E-state index contributed by atoms with van der Waals surface area (Å²) in [5.74, 6) is 0.767. The molecule has 2 aromatic rings. The fourth-order valence-electron chi connectivity index (χ4n) is 2.26. The zero-order chi connectivity index (χ0) is 14.0. The standard InChI is InChI=1S/C13H16N4O2S/c18-20(19,17-6-4-13-15-7-8-16-13)11-2-1-10-3-5-14-12(10)9-11/h1-2,7-9,14,17H,3-6H2,(H,15,16). The summed E-state index contributed by atoms with van der Waals surface area (Å²) < 4.78 is 27.0. The monoisotopic (exact) mass is 292 g/mol. The van der Waals surface area contributed by atoms with E-state index in [2.05, 4.69) is 20.0 Å². The summed E-state index contributed by atoms with van der Waals surface area (Å²) >= 11 is 0. The van der Waals surface area contributed by atoms with E-state index in [0.29, 0.717) is 17.9 Å². The SMILES string of the molecule is O=S(=O)(NCCc1ncc[nH]1)c1ccc2c(c1)NCC2. The van der Waals surface area contributed by atoms with Gasteiger partial charge in [0.05, 0.1) is 4.90 Å². The average molecular weight is 292 g/mol. The first kappa shape index (κ1) is 13.1. The van der Waals surface area contributed by atoms with Crippen LogP contribution in [-0.2, 0) is 22.9 Å². The average Bonchev–Trinajstić information content (AvgIpc) is 3.08. The van der Waals surface area contributed by atoms with Gasteiger partial charge in [0.15, 0.2) is 0 Å².